The van der Waals surface area contributed by atoms with Gasteiger partial charge in [-0.05, 0) is 48.8 Å². The first-order valence-electron chi connectivity index (χ1n) is 11.7. The minimum absolute atomic E-state index is 0.0351. The molecule has 1 saturated heterocycles. The SMILES string of the molecule is COc1ccc(CNc2nccn3c(C4CN(C(=O)OC(C)(C)C)C(C=O)CO4)nc(Br)c23)c(OC)c1. The highest BCUT2D eigenvalue weighted by Crippen LogP contribution is 2.32. The van der Waals surface area contributed by atoms with E-state index in [2.05, 4.69) is 31.2 Å². The minimum Gasteiger partial charge on any atom is -0.497 e. The van der Waals surface area contributed by atoms with Gasteiger partial charge in [0.25, 0.3) is 0 Å². The smallest absolute Gasteiger partial charge is 0.411 e. The second-order valence-electron chi connectivity index (χ2n) is 9.44. The highest BCUT2D eigenvalue weighted by atomic mass is 79.9. The summed E-state index contributed by atoms with van der Waals surface area (Å²) in [5.74, 6) is 2.55. The van der Waals surface area contributed by atoms with Gasteiger partial charge in [0, 0.05) is 30.6 Å². The quantitative estimate of drug-likeness (QED) is 0.417. The summed E-state index contributed by atoms with van der Waals surface area (Å²) >= 11 is 3.55. The van der Waals surface area contributed by atoms with Crippen molar-refractivity contribution in [2.45, 2.75) is 45.1 Å². The number of aromatic nitrogens is 3. The molecule has 1 amide bonds. The van der Waals surface area contributed by atoms with E-state index in [0.717, 1.165) is 5.56 Å². The van der Waals surface area contributed by atoms with E-state index in [0.29, 0.717) is 46.1 Å². The summed E-state index contributed by atoms with van der Waals surface area (Å²) in [5.41, 5.74) is 0.932. The predicted molar refractivity (Wildman–Crippen MR) is 139 cm³/mol. The molecule has 3 aromatic rings. The lowest BCUT2D eigenvalue weighted by atomic mass is 10.2. The minimum atomic E-state index is -0.737. The Kier molecular flexibility index (Phi) is 7.88. The van der Waals surface area contributed by atoms with Crippen molar-refractivity contribution in [1.29, 1.82) is 0 Å². The molecule has 1 aromatic carbocycles. The number of hydrogen-bond acceptors (Lipinski definition) is 9. The van der Waals surface area contributed by atoms with Gasteiger partial charge >= 0.3 is 6.09 Å². The van der Waals surface area contributed by atoms with Crippen molar-refractivity contribution < 1.29 is 28.5 Å². The van der Waals surface area contributed by atoms with Crippen LogP contribution in [0.2, 0.25) is 0 Å². The molecule has 0 radical (unpaired) electrons. The molecule has 4 rings (SSSR count). The van der Waals surface area contributed by atoms with Crippen molar-refractivity contribution in [2.75, 3.05) is 32.7 Å². The normalized spacial score (nSPS) is 17.9. The molecule has 11 nitrogen and oxygen atoms in total. The number of nitrogens with zero attached hydrogens (tertiary/aromatic N) is 4. The Morgan fingerprint density at radius 3 is 2.76 bits per heavy atom. The van der Waals surface area contributed by atoms with E-state index in [1.54, 1.807) is 47.4 Å². The van der Waals surface area contributed by atoms with Crippen LogP contribution in [0.25, 0.3) is 5.52 Å². The number of benzene rings is 1. The molecule has 1 aliphatic rings. The second kappa shape index (κ2) is 10.9. The Balaban J connectivity index is 1.60. The third-order valence-corrected chi connectivity index (χ3v) is 6.34. The van der Waals surface area contributed by atoms with Crippen molar-refractivity contribution >= 4 is 39.6 Å². The predicted octanol–water partition coefficient (Wildman–Crippen LogP) is 4.00. The van der Waals surface area contributed by atoms with Crippen molar-refractivity contribution in [1.82, 2.24) is 19.3 Å². The van der Waals surface area contributed by atoms with Gasteiger partial charge < -0.3 is 29.1 Å². The van der Waals surface area contributed by atoms with Gasteiger partial charge in [-0.1, -0.05) is 0 Å². The number of methoxy groups -OCH3 is 2. The van der Waals surface area contributed by atoms with Crippen LogP contribution in [0.5, 0.6) is 11.5 Å². The van der Waals surface area contributed by atoms with Gasteiger partial charge in [-0.25, -0.2) is 14.8 Å². The standard InChI is InChI=1S/C25H30BrN5O6/c1-25(2,3)37-24(33)31-12-19(36-14-16(31)13-32)23-29-21(26)20-22(27-8-9-30(20)23)28-11-15-6-7-17(34-4)10-18(15)35-5/h6-10,13,16,19H,11-12,14H2,1-5H3,(H,27,28). The van der Waals surface area contributed by atoms with Crippen LogP contribution in [-0.4, -0.2) is 70.7 Å². The Hall–Kier alpha value is -3.38. The first kappa shape index (κ1) is 26.7. The number of hydrogen-bond donors (Lipinski definition) is 1. The van der Waals surface area contributed by atoms with Crippen LogP contribution >= 0.6 is 15.9 Å². The summed E-state index contributed by atoms with van der Waals surface area (Å²) in [6.07, 6.45) is 2.96. The van der Waals surface area contributed by atoms with E-state index >= 15 is 0 Å². The zero-order valence-corrected chi connectivity index (χ0v) is 22.9. The molecule has 1 N–H and O–H groups in total. The van der Waals surface area contributed by atoms with Crippen LogP contribution in [-0.2, 0) is 20.8 Å². The summed E-state index contributed by atoms with van der Waals surface area (Å²) in [5, 5.41) is 3.35. The maximum Gasteiger partial charge on any atom is 0.411 e. The van der Waals surface area contributed by atoms with Crippen molar-refractivity contribution in [2.24, 2.45) is 0 Å². The maximum absolute atomic E-state index is 12.8. The molecule has 1 aliphatic heterocycles. The van der Waals surface area contributed by atoms with Gasteiger partial charge in [-0.3, -0.25) is 9.30 Å². The highest BCUT2D eigenvalue weighted by molar-refractivity contribution is 9.10. The third-order valence-electron chi connectivity index (χ3n) is 5.78. The van der Waals surface area contributed by atoms with Crippen LogP contribution in [0, 0.1) is 0 Å². The Bertz CT molecular complexity index is 1290. The third kappa shape index (κ3) is 5.80. The Labute approximate surface area is 223 Å². The number of nitrogens with one attached hydrogen (secondary N) is 1. The summed E-state index contributed by atoms with van der Waals surface area (Å²) in [7, 11) is 3.21. The van der Waals surface area contributed by atoms with E-state index in [1.807, 2.05) is 22.6 Å². The molecule has 2 atom stereocenters. The van der Waals surface area contributed by atoms with E-state index in [1.165, 1.54) is 4.90 Å². The lowest BCUT2D eigenvalue weighted by Crippen LogP contribution is -2.52. The zero-order valence-electron chi connectivity index (χ0n) is 21.4. The zero-order chi connectivity index (χ0) is 26.7. The molecule has 0 aliphatic carbocycles. The number of rotatable bonds is 7. The van der Waals surface area contributed by atoms with Gasteiger partial charge in [0.2, 0.25) is 0 Å². The number of aldehydes is 1. The largest absolute Gasteiger partial charge is 0.497 e. The lowest BCUT2D eigenvalue weighted by molar-refractivity contribution is -0.123. The van der Waals surface area contributed by atoms with Crippen LogP contribution < -0.4 is 14.8 Å². The molecule has 37 heavy (non-hydrogen) atoms. The van der Waals surface area contributed by atoms with Crippen molar-refractivity contribution in [3.8, 4) is 11.5 Å². The van der Waals surface area contributed by atoms with E-state index < -0.39 is 23.8 Å². The number of halogens is 1. The fourth-order valence-electron chi connectivity index (χ4n) is 4.02. The number of ether oxygens (including phenoxy) is 4. The average molecular weight is 576 g/mol. The second-order valence-corrected chi connectivity index (χ2v) is 10.2. The first-order valence-corrected chi connectivity index (χ1v) is 12.5. The molecular weight excluding hydrogens is 546 g/mol. The maximum atomic E-state index is 12.8. The van der Waals surface area contributed by atoms with Crippen LogP contribution in [0.4, 0.5) is 10.6 Å². The molecule has 0 bridgehead atoms. The van der Waals surface area contributed by atoms with Crippen molar-refractivity contribution in [3.63, 3.8) is 0 Å². The lowest BCUT2D eigenvalue weighted by Gasteiger charge is -2.37. The molecule has 2 aromatic heterocycles. The first-order chi connectivity index (χ1) is 17.6. The fourth-order valence-corrected chi connectivity index (χ4v) is 4.58. The number of carbonyl (C=O) groups is 2. The molecule has 2 unspecified atom stereocenters. The van der Waals surface area contributed by atoms with Gasteiger partial charge in [0.05, 0.1) is 27.4 Å². The molecule has 0 saturated carbocycles. The number of fused-ring (bicyclic) bond motifs is 1. The molecule has 1 fully saturated rings. The highest BCUT2D eigenvalue weighted by Gasteiger charge is 2.37. The summed E-state index contributed by atoms with van der Waals surface area (Å²) in [4.78, 5) is 35.0. The number of carbonyl (C=O) groups excluding carboxylic acids is 2. The number of imidazole rings is 1. The van der Waals surface area contributed by atoms with Gasteiger partial charge in [-0.2, -0.15) is 0 Å². The van der Waals surface area contributed by atoms with Crippen LogP contribution in [0.1, 0.15) is 38.3 Å². The summed E-state index contributed by atoms with van der Waals surface area (Å²) in [6.45, 7) is 5.93. The van der Waals surface area contributed by atoms with Gasteiger partial charge in [0.15, 0.2) is 5.82 Å². The topological polar surface area (TPSA) is 117 Å². The molecule has 3 heterocycles. The molecule has 198 valence electrons. The number of amides is 1. The van der Waals surface area contributed by atoms with E-state index in [9.17, 15) is 9.59 Å². The Morgan fingerprint density at radius 1 is 1.30 bits per heavy atom. The fraction of sp³-hybridized carbons (Fsp3) is 0.440. The average Bonchev–Trinajstić information content (AvgIpc) is 3.22. The van der Waals surface area contributed by atoms with E-state index in [-0.39, 0.29) is 13.2 Å². The van der Waals surface area contributed by atoms with E-state index in [4.69, 9.17) is 18.9 Å². The monoisotopic (exact) mass is 575 g/mol. The van der Waals surface area contributed by atoms with Crippen LogP contribution in [0.15, 0.2) is 35.2 Å². The molecular formula is C25H30BrN5O6. The Morgan fingerprint density at radius 2 is 2.08 bits per heavy atom. The number of morpholine rings is 1. The summed E-state index contributed by atoms with van der Waals surface area (Å²) in [6, 6.07) is 4.87. The number of anilines is 1. The van der Waals surface area contributed by atoms with Gasteiger partial charge in [-0.15, -0.1) is 0 Å². The van der Waals surface area contributed by atoms with Crippen LogP contribution in [0.3, 0.4) is 0 Å². The van der Waals surface area contributed by atoms with Crippen molar-refractivity contribution in [3.05, 3.63) is 46.6 Å². The molecule has 12 heteroatoms. The molecule has 0 spiro atoms. The summed E-state index contributed by atoms with van der Waals surface area (Å²) < 4.78 is 24.7. The van der Waals surface area contributed by atoms with Gasteiger partial charge in [0.1, 0.15) is 51.5 Å².